The monoisotopic (exact) mass is 507 g/mol. The fourth-order valence-electron chi connectivity index (χ4n) is 3.55. The Morgan fingerprint density at radius 1 is 1.22 bits per heavy atom. The lowest BCUT2D eigenvalue weighted by molar-refractivity contribution is -0.145. The van der Waals surface area contributed by atoms with Gasteiger partial charge in [0.15, 0.2) is 5.17 Å². The van der Waals surface area contributed by atoms with Crippen LogP contribution in [0.2, 0.25) is 0 Å². The zero-order valence-corrected chi connectivity index (χ0v) is 21.2. The molecule has 0 bridgehead atoms. The second kappa shape index (κ2) is 13.4. The predicted octanol–water partition coefficient (Wildman–Crippen LogP) is 3.31. The quantitative estimate of drug-likeness (QED) is 0.486. The summed E-state index contributed by atoms with van der Waals surface area (Å²) in [5, 5.41) is 11.8. The second-order valence-electron chi connectivity index (χ2n) is 8.24. The van der Waals surface area contributed by atoms with Gasteiger partial charge in [0, 0.05) is 30.9 Å². The molecule has 1 fully saturated rings. The van der Waals surface area contributed by atoms with E-state index in [0.717, 1.165) is 12.8 Å². The Morgan fingerprint density at radius 2 is 2.00 bits per heavy atom. The number of aromatic nitrogens is 1. The SMILES string of the molecule is CCCCN1C(=NC(=O)c2ccc(C#N)cc2)SC(C(=O)NCCC(=O)OCc2ccccn2)C1C. The fraction of sp³-hybridized carbons (Fsp3) is 0.385. The second-order valence-corrected chi connectivity index (χ2v) is 9.35. The number of carbonyl (C=O) groups excluding carboxylic acids is 3. The van der Waals surface area contributed by atoms with Crippen molar-refractivity contribution < 1.29 is 19.1 Å². The average molecular weight is 508 g/mol. The Hall–Kier alpha value is -3.71. The molecule has 3 rings (SSSR count). The summed E-state index contributed by atoms with van der Waals surface area (Å²) in [5.74, 6) is -1.07. The number of carbonyl (C=O) groups is 3. The smallest absolute Gasteiger partial charge is 0.307 e. The van der Waals surface area contributed by atoms with Crippen molar-refractivity contribution in [2.75, 3.05) is 13.1 Å². The van der Waals surface area contributed by atoms with E-state index < -0.39 is 17.1 Å². The molecule has 0 radical (unpaired) electrons. The van der Waals surface area contributed by atoms with Gasteiger partial charge in [0.25, 0.3) is 5.91 Å². The molecule has 1 saturated heterocycles. The highest BCUT2D eigenvalue weighted by Gasteiger charge is 2.40. The molecule has 2 unspecified atom stereocenters. The summed E-state index contributed by atoms with van der Waals surface area (Å²) < 4.78 is 5.19. The zero-order valence-electron chi connectivity index (χ0n) is 20.3. The van der Waals surface area contributed by atoms with Crippen molar-refractivity contribution in [1.29, 1.82) is 5.26 Å². The van der Waals surface area contributed by atoms with E-state index in [0.29, 0.717) is 28.5 Å². The first kappa shape index (κ1) is 26.9. The summed E-state index contributed by atoms with van der Waals surface area (Å²) in [6.07, 6.45) is 3.53. The van der Waals surface area contributed by atoms with Crippen molar-refractivity contribution in [3.05, 3.63) is 65.5 Å². The van der Waals surface area contributed by atoms with Crippen LogP contribution in [0.3, 0.4) is 0 Å². The molecule has 2 aromatic rings. The van der Waals surface area contributed by atoms with Crippen LogP contribution in [0.25, 0.3) is 0 Å². The molecule has 0 spiro atoms. The van der Waals surface area contributed by atoms with Crippen molar-refractivity contribution in [2.45, 2.75) is 51.0 Å². The number of rotatable bonds is 10. The summed E-state index contributed by atoms with van der Waals surface area (Å²) in [6.45, 7) is 4.91. The summed E-state index contributed by atoms with van der Waals surface area (Å²) in [7, 11) is 0. The van der Waals surface area contributed by atoms with Gasteiger partial charge in [-0.05, 0) is 49.7 Å². The van der Waals surface area contributed by atoms with Gasteiger partial charge in [-0.1, -0.05) is 31.2 Å². The van der Waals surface area contributed by atoms with Crippen LogP contribution < -0.4 is 5.32 Å². The predicted molar refractivity (Wildman–Crippen MR) is 137 cm³/mol. The lowest BCUT2D eigenvalue weighted by atomic mass is 10.1. The largest absolute Gasteiger partial charge is 0.459 e. The van der Waals surface area contributed by atoms with Crippen molar-refractivity contribution in [3.8, 4) is 6.07 Å². The molecule has 1 aromatic heterocycles. The zero-order chi connectivity index (χ0) is 25.9. The molecule has 1 N–H and O–H groups in total. The number of pyridine rings is 1. The van der Waals surface area contributed by atoms with Gasteiger partial charge in [0.1, 0.15) is 11.9 Å². The van der Waals surface area contributed by atoms with E-state index in [4.69, 9.17) is 10.00 Å². The lowest BCUT2D eigenvalue weighted by Gasteiger charge is -2.24. The molecular formula is C26H29N5O4S. The normalized spacial score (nSPS) is 18.0. The molecule has 1 aromatic carbocycles. The van der Waals surface area contributed by atoms with Crippen molar-refractivity contribution in [3.63, 3.8) is 0 Å². The maximum atomic E-state index is 12.9. The summed E-state index contributed by atoms with van der Waals surface area (Å²) in [5.41, 5.74) is 1.49. The molecule has 10 heteroatoms. The maximum absolute atomic E-state index is 12.9. The van der Waals surface area contributed by atoms with E-state index in [1.165, 1.54) is 11.8 Å². The number of ether oxygens (including phenoxy) is 1. The number of nitrogens with zero attached hydrogens (tertiary/aromatic N) is 4. The Bertz CT molecular complexity index is 1130. The van der Waals surface area contributed by atoms with Gasteiger partial charge in [-0.25, -0.2) is 0 Å². The number of aliphatic imine (C=N–C) groups is 1. The molecule has 2 heterocycles. The highest BCUT2D eigenvalue weighted by molar-refractivity contribution is 8.15. The van der Waals surface area contributed by atoms with Crippen LogP contribution in [0, 0.1) is 11.3 Å². The van der Waals surface area contributed by atoms with Crippen molar-refractivity contribution >= 4 is 34.7 Å². The van der Waals surface area contributed by atoms with Crippen LogP contribution >= 0.6 is 11.8 Å². The number of esters is 1. The van der Waals surface area contributed by atoms with E-state index in [9.17, 15) is 14.4 Å². The highest BCUT2D eigenvalue weighted by Crippen LogP contribution is 2.32. The standard InChI is InChI=1S/C26H29N5O4S/c1-3-4-15-31-18(2)23(36-26(31)30-24(33)20-10-8-19(16-27)9-11-20)25(34)29-14-12-22(32)35-17-21-7-5-6-13-28-21/h5-11,13,18,23H,3-4,12,14-15,17H2,1-2H3,(H,29,34). The molecular weight excluding hydrogens is 478 g/mol. The minimum atomic E-state index is -0.473. The topological polar surface area (TPSA) is 125 Å². The molecule has 0 saturated carbocycles. The summed E-state index contributed by atoms with van der Waals surface area (Å²) in [6, 6.07) is 13.5. The first-order valence-electron chi connectivity index (χ1n) is 11.8. The number of unbranched alkanes of at least 4 members (excludes halogenated alkanes) is 1. The first-order chi connectivity index (χ1) is 17.4. The van der Waals surface area contributed by atoms with E-state index in [-0.39, 0.29) is 31.5 Å². The van der Waals surface area contributed by atoms with Crippen molar-refractivity contribution in [2.24, 2.45) is 4.99 Å². The van der Waals surface area contributed by atoms with Crippen LogP contribution in [-0.4, -0.2) is 57.2 Å². The molecule has 1 aliphatic heterocycles. The van der Waals surface area contributed by atoms with Gasteiger partial charge in [-0.2, -0.15) is 10.3 Å². The van der Waals surface area contributed by atoms with Crippen LogP contribution in [0.5, 0.6) is 0 Å². The number of hydrogen-bond acceptors (Lipinski definition) is 7. The molecule has 188 valence electrons. The van der Waals surface area contributed by atoms with Crippen molar-refractivity contribution in [1.82, 2.24) is 15.2 Å². The van der Waals surface area contributed by atoms with Crippen LogP contribution in [0.1, 0.15) is 54.7 Å². The third-order valence-electron chi connectivity index (χ3n) is 5.61. The van der Waals surface area contributed by atoms with Crippen LogP contribution in [0.4, 0.5) is 0 Å². The summed E-state index contributed by atoms with van der Waals surface area (Å²) >= 11 is 1.25. The number of thioether (sulfide) groups is 1. The Morgan fingerprint density at radius 3 is 2.67 bits per heavy atom. The van der Waals surface area contributed by atoms with E-state index >= 15 is 0 Å². The number of nitriles is 1. The number of amidine groups is 1. The molecule has 9 nitrogen and oxygen atoms in total. The number of amides is 2. The molecule has 1 aliphatic rings. The maximum Gasteiger partial charge on any atom is 0.307 e. The highest BCUT2D eigenvalue weighted by atomic mass is 32.2. The summed E-state index contributed by atoms with van der Waals surface area (Å²) in [4.78, 5) is 48.1. The Balaban J connectivity index is 1.57. The van der Waals surface area contributed by atoms with Gasteiger partial charge in [0.05, 0.1) is 23.7 Å². The molecule has 0 aliphatic carbocycles. The van der Waals surface area contributed by atoms with E-state index in [1.54, 1.807) is 42.6 Å². The Kier molecular flexibility index (Phi) is 10.0. The molecule has 36 heavy (non-hydrogen) atoms. The Labute approximate surface area is 214 Å². The average Bonchev–Trinajstić information content (AvgIpc) is 3.21. The number of hydrogen-bond donors (Lipinski definition) is 1. The lowest BCUT2D eigenvalue weighted by Crippen LogP contribution is -2.43. The van der Waals surface area contributed by atoms with Gasteiger partial charge < -0.3 is 15.0 Å². The van der Waals surface area contributed by atoms with E-state index in [2.05, 4.69) is 22.2 Å². The molecule has 2 amide bonds. The fourth-order valence-corrected chi connectivity index (χ4v) is 4.84. The van der Waals surface area contributed by atoms with Gasteiger partial charge >= 0.3 is 5.97 Å². The van der Waals surface area contributed by atoms with Gasteiger partial charge in [0.2, 0.25) is 5.91 Å². The minimum absolute atomic E-state index is 0.0437. The van der Waals surface area contributed by atoms with Gasteiger partial charge in [-0.3, -0.25) is 19.4 Å². The van der Waals surface area contributed by atoms with Gasteiger partial charge in [-0.15, -0.1) is 0 Å². The minimum Gasteiger partial charge on any atom is -0.459 e. The third kappa shape index (κ3) is 7.39. The first-order valence-corrected chi connectivity index (χ1v) is 12.7. The molecule has 2 atom stereocenters. The number of benzene rings is 1. The van der Waals surface area contributed by atoms with E-state index in [1.807, 2.05) is 24.0 Å². The van der Waals surface area contributed by atoms with Crippen LogP contribution in [-0.2, 0) is 20.9 Å². The third-order valence-corrected chi connectivity index (χ3v) is 7.01. The van der Waals surface area contributed by atoms with Crippen LogP contribution in [0.15, 0.2) is 53.7 Å². The number of nitrogens with one attached hydrogen (secondary N) is 1.